The van der Waals surface area contributed by atoms with Gasteiger partial charge in [0.25, 0.3) is 5.91 Å². The van der Waals surface area contributed by atoms with Crippen molar-refractivity contribution in [1.82, 2.24) is 0 Å². The first-order valence-electron chi connectivity index (χ1n) is 5.16. The van der Waals surface area contributed by atoms with E-state index in [1.54, 1.807) is 19.1 Å². The van der Waals surface area contributed by atoms with Crippen molar-refractivity contribution in [2.75, 3.05) is 0 Å². The fourth-order valence-electron chi connectivity index (χ4n) is 1.69. The maximum Gasteiger partial charge on any atom is 0.263 e. The van der Waals surface area contributed by atoms with E-state index >= 15 is 0 Å². The highest BCUT2D eigenvalue weighted by molar-refractivity contribution is 6.39. The minimum Gasteiger partial charge on any atom is -0.365 e. The zero-order valence-corrected chi connectivity index (χ0v) is 9.33. The lowest BCUT2D eigenvalue weighted by Crippen LogP contribution is -2.30. The van der Waals surface area contributed by atoms with Crippen LogP contribution < -0.4 is 5.73 Å². The molecule has 1 heterocycles. The molecule has 1 aromatic rings. The van der Waals surface area contributed by atoms with Crippen molar-refractivity contribution in [3.05, 3.63) is 35.6 Å². The van der Waals surface area contributed by atoms with Gasteiger partial charge < -0.3 is 5.73 Å². The Morgan fingerprint density at radius 3 is 2.71 bits per heavy atom. The summed E-state index contributed by atoms with van der Waals surface area (Å²) in [7, 11) is 0. The molecule has 0 radical (unpaired) electrons. The summed E-state index contributed by atoms with van der Waals surface area (Å²) >= 11 is 0. The molecule has 2 N–H and O–H groups in total. The second-order valence-electron chi connectivity index (χ2n) is 3.98. The zero-order valence-electron chi connectivity index (χ0n) is 9.33. The third kappa shape index (κ3) is 2.18. The summed E-state index contributed by atoms with van der Waals surface area (Å²) in [6, 6.07) is 5.90. The molecule has 86 valence electrons. The number of nitrogens with two attached hydrogens (primary N) is 1. The van der Waals surface area contributed by atoms with Crippen LogP contribution in [0.2, 0.25) is 0 Å². The van der Waals surface area contributed by atoms with Crippen molar-refractivity contribution in [2.45, 2.75) is 18.9 Å². The molecule has 1 amide bonds. The molecular formula is C13H11FN2O. The number of benzene rings is 1. The third-order valence-corrected chi connectivity index (χ3v) is 2.64. The predicted molar refractivity (Wildman–Crippen MR) is 62.8 cm³/mol. The quantitative estimate of drug-likeness (QED) is 0.766. The predicted octanol–water partition coefficient (Wildman–Crippen LogP) is 1.37. The fourth-order valence-corrected chi connectivity index (χ4v) is 1.69. The minimum atomic E-state index is -0.823. The van der Waals surface area contributed by atoms with Gasteiger partial charge in [-0.1, -0.05) is 24.0 Å². The van der Waals surface area contributed by atoms with Crippen LogP contribution in [-0.4, -0.2) is 11.6 Å². The number of hydrogen-bond acceptors (Lipinski definition) is 2. The number of amides is 1. The first-order valence-corrected chi connectivity index (χ1v) is 5.16. The van der Waals surface area contributed by atoms with Crippen LogP contribution in [0.15, 0.2) is 29.3 Å². The molecule has 17 heavy (non-hydrogen) atoms. The van der Waals surface area contributed by atoms with Gasteiger partial charge in [0.05, 0.1) is 6.42 Å². The maximum absolute atomic E-state index is 12.8. The molecule has 1 aliphatic heterocycles. The standard InChI is InChI=1S/C13H11FN2O/c1-13(9-4-6-10(14)7-5-9)8-2-3-11(16-13)12(15)17/h4-7H,3H2,1H3,(H2,15,17). The molecule has 2 rings (SSSR count). The van der Waals surface area contributed by atoms with E-state index < -0.39 is 11.4 Å². The number of halogens is 1. The van der Waals surface area contributed by atoms with Gasteiger partial charge in [-0.05, 0) is 24.6 Å². The number of carbonyl (C=O) groups excluding carboxylic acids is 1. The van der Waals surface area contributed by atoms with Crippen LogP contribution in [0.25, 0.3) is 0 Å². The molecule has 0 saturated heterocycles. The molecule has 0 spiro atoms. The molecule has 1 aromatic carbocycles. The topological polar surface area (TPSA) is 55.5 Å². The van der Waals surface area contributed by atoms with Crippen molar-refractivity contribution < 1.29 is 9.18 Å². The fraction of sp³-hybridized carbons (Fsp3) is 0.231. The molecule has 1 atom stereocenters. The average Bonchev–Trinajstić information content (AvgIpc) is 2.29. The van der Waals surface area contributed by atoms with E-state index in [9.17, 15) is 9.18 Å². The van der Waals surface area contributed by atoms with Gasteiger partial charge in [-0.2, -0.15) is 0 Å². The summed E-state index contributed by atoms with van der Waals surface area (Å²) in [5.74, 6) is 4.91. The van der Waals surface area contributed by atoms with E-state index in [2.05, 4.69) is 16.8 Å². The Labute approximate surface area is 98.5 Å². The summed E-state index contributed by atoms with van der Waals surface area (Å²) in [6.45, 7) is 1.77. The number of aliphatic imine (C=N–C) groups is 1. The second kappa shape index (κ2) is 4.02. The van der Waals surface area contributed by atoms with Gasteiger partial charge in [0.15, 0.2) is 0 Å². The van der Waals surface area contributed by atoms with Crippen molar-refractivity contribution in [3.63, 3.8) is 0 Å². The molecule has 0 aromatic heterocycles. The molecular weight excluding hydrogens is 219 g/mol. The van der Waals surface area contributed by atoms with Crippen LogP contribution in [0.1, 0.15) is 18.9 Å². The van der Waals surface area contributed by atoms with Crippen LogP contribution in [0.3, 0.4) is 0 Å². The number of primary amides is 1. The SMILES string of the molecule is CC1(c2ccc(F)cc2)C#CCC(C(N)=O)=N1. The molecule has 4 heteroatoms. The Morgan fingerprint density at radius 2 is 2.12 bits per heavy atom. The number of hydrogen-bond donors (Lipinski definition) is 1. The summed E-state index contributed by atoms with van der Waals surface area (Å²) in [6.07, 6.45) is 0.270. The smallest absolute Gasteiger partial charge is 0.263 e. The minimum absolute atomic E-state index is 0.260. The van der Waals surface area contributed by atoms with E-state index in [1.807, 2.05) is 0 Å². The van der Waals surface area contributed by atoms with Crippen molar-refractivity contribution in [2.24, 2.45) is 10.7 Å². The lowest BCUT2D eigenvalue weighted by atomic mass is 9.91. The number of nitrogens with zero attached hydrogens (tertiary/aromatic N) is 1. The molecule has 0 saturated carbocycles. The van der Waals surface area contributed by atoms with Crippen molar-refractivity contribution >= 4 is 11.6 Å². The van der Waals surface area contributed by atoms with E-state index in [1.165, 1.54) is 12.1 Å². The van der Waals surface area contributed by atoms with Crippen molar-refractivity contribution in [3.8, 4) is 11.8 Å². The van der Waals surface area contributed by atoms with E-state index in [0.29, 0.717) is 0 Å². The highest BCUT2D eigenvalue weighted by Crippen LogP contribution is 2.27. The zero-order chi connectivity index (χ0) is 12.5. The molecule has 1 unspecified atom stereocenters. The van der Waals surface area contributed by atoms with Gasteiger partial charge >= 0.3 is 0 Å². The Bertz CT molecular complexity index is 551. The van der Waals surface area contributed by atoms with Gasteiger partial charge in [0, 0.05) is 0 Å². The van der Waals surface area contributed by atoms with Crippen LogP contribution in [0.4, 0.5) is 4.39 Å². The molecule has 0 bridgehead atoms. The Balaban J connectivity index is 2.44. The second-order valence-corrected chi connectivity index (χ2v) is 3.98. The first-order chi connectivity index (χ1) is 8.01. The molecule has 3 nitrogen and oxygen atoms in total. The van der Waals surface area contributed by atoms with Crippen molar-refractivity contribution in [1.29, 1.82) is 0 Å². The van der Waals surface area contributed by atoms with Gasteiger partial charge in [0.2, 0.25) is 0 Å². The summed E-state index contributed by atoms with van der Waals surface area (Å²) in [5.41, 5.74) is 5.37. The normalized spacial score (nSPS) is 22.4. The lowest BCUT2D eigenvalue weighted by Gasteiger charge is -2.22. The Morgan fingerprint density at radius 1 is 1.47 bits per heavy atom. The lowest BCUT2D eigenvalue weighted by molar-refractivity contribution is -0.112. The van der Waals surface area contributed by atoms with Gasteiger partial charge in [-0.3, -0.25) is 9.79 Å². The summed E-state index contributed by atoms with van der Waals surface area (Å²) in [5, 5.41) is 0. The molecule has 0 fully saturated rings. The summed E-state index contributed by atoms with van der Waals surface area (Å²) in [4.78, 5) is 15.4. The van der Waals surface area contributed by atoms with Gasteiger partial charge in [0.1, 0.15) is 17.1 Å². The number of rotatable bonds is 2. The van der Waals surface area contributed by atoms with Crippen LogP contribution >= 0.6 is 0 Å². The van der Waals surface area contributed by atoms with E-state index in [4.69, 9.17) is 5.73 Å². The first kappa shape index (κ1) is 11.3. The maximum atomic E-state index is 12.8. The van der Waals surface area contributed by atoms with Crippen LogP contribution in [0, 0.1) is 17.7 Å². The Kier molecular flexibility index (Phi) is 2.68. The van der Waals surface area contributed by atoms with Gasteiger partial charge in [-0.15, -0.1) is 0 Å². The highest BCUT2D eigenvalue weighted by Gasteiger charge is 2.27. The van der Waals surface area contributed by atoms with Gasteiger partial charge in [-0.25, -0.2) is 4.39 Å². The van der Waals surface area contributed by atoms with E-state index in [0.717, 1.165) is 5.56 Å². The molecule has 0 aliphatic carbocycles. The number of carbonyl (C=O) groups is 1. The van der Waals surface area contributed by atoms with Crippen LogP contribution in [0.5, 0.6) is 0 Å². The third-order valence-electron chi connectivity index (χ3n) is 2.64. The monoisotopic (exact) mass is 230 g/mol. The Hall–Kier alpha value is -2.15. The largest absolute Gasteiger partial charge is 0.365 e. The molecule has 1 aliphatic rings. The van der Waals surface area contributed by atoms with E-state index in [-0.39, 0.29) is 17.9 Å². The van der Waals surface area contributed by atoms with Crippen LogP contribution in [-0.2, 0) is 10.3 Å². The summed E-state index contributed by atoms with van der Waals surface area (Å²) < 4.78 is 12.8. The highest BCUT2D eigenvalue weighted by atomic mass is 19.1. The average molecular weight is 230 g/mol.